The van der Waals surface area contributed by atoms with Crippen molar-refractivity contribution in [3.05, 3.63) is 18.2 Å². The summed E-state index contributed by atoms with van der Waals surface area (Å²) in [6, 6.07) is 0. The molecule has 0 bridgehead atoms. The van der Waals surface area contributed by atoms with Crippen molar-refractivity contribution in [3.8, 4) is 0 Å². The van der Waals surface area contributed by atoms with E-state index in [1.807, 2.05) is 6.20 Å². The minimum Gasteiger partial charge on any atom is -0.348 e. The Hall–Kier alpha value is -0.830. The van der Waals surface area contributed by atoms with Crippen LogP contribution in [0.3, 0.4) is 0 Å². The molecule has 2 N–H and O–H groups in total. The average Bonchev–Trinajstić information content (AvgIpc) is 2.63. The van der Waals surface area contributed by atoms with Crippen molar-refractivity contribution in [3.63, 3.8) is 0 Å². The molecule has 0 radical (unpaired) electrons. The van der Waals surface area contributed by atoms with E-state index in [-0.39, 0.29) is 0 Å². The van der Waals surface area contributed by atoms with Gasteiger partial charge in [-0.05, 0) is 24.3 Å². The SMILES string of the molecule is CC(C)C(CNCc1ncc[nH]1)C(C)C. The van der Waals surface area contributed by atoms with E-state index in [2.05, 4.69) is 43.0 Å². The van der Waals surface area contributed by atoms with Gasteiger partial charge in [0.1, 0.15) is 5.82 Å². The van der Waals surface area contributed by atoms with Gasteiger partial charge in [-0.1, -0.05) is 27.7 Å². The van der Waals surface area contributed by atoms with Gasteiger partial charge >= 0.3 is 0 Å². The zero-order valence-corrected chi connectivity index (χ0v) is 10.2. The van der Waals surface area contributed by atoms with Crippen LogP contribution in [0.15, 0.2) is 12.4 Å². The first-order valence-electron chi connectivity index (χ1n) is 5.80. The monoisotopic (exact) mass is 209 g/mol. The van der Waals surface area contributed by atoms with E-state index in [9.17, 15) is 0 Å². The van der Waals surface area contributed by atoms with Gasteiger partial charge < -0.3 is 10.3 Å². The Kier molecular flexibility index (Phi) is 4.82. The van der Waals surface area contributed by atoms with Crippen LogP contribution in [-0.4, -0.2) is 16.5 Å². The van der Waals surface area contributed by atoms with Crippen LogP contribution < -0.4 is 5.32 Å². The molecule has 0 amide bonds. The fourth-order valence-corrected chi connectivity index (χ4v) is 1.99. The van der Waals surface area contributed by atoms with E-state index < -0.39 is 0 Å². The Morgan fingerprint density at radius 1 is 1.27 bits per heavy atom. The zero-order chi connectivity index (χ0) is 11.3. The quantitative estimate of drug-likeness (QED) is 0.755. The van der Waals surface area contributed by atoms with Gasteiger partial charge in [0.25, 0.3) is 0 Å². The maximum absolute atomic E-state index is 4.18. The van der Waals surface area contributed by atoms with E-state index in [4.69, 9.17) is 0 Å². The number of hydrogen-bond acceptors (Lipinski definition) is 2. The van der Waals surface area contributed by atoms with Crippen molar-refractivity contribution >= 4 is 0 Å². The molecule has 0 atom stereocenters. The molecule has 0 aliphatic rings. The Balaban J connectivity index is 2.28. The first kappa shape index (κ1) is 12.2. The predicted molar refractivity (Wildman–Crippen MR) is 63.5 cm³/mol. The van der Waals surface area contributed by atoms with Crippen LogP contribution in [0.5, 0.6) is 0 Å². The second-order valence-corrected chi connectivity index (χ2v) is 4.82. The molecule has 0 aromatic carbocycles. The standard InChI is InChI=1S/C12H23N3/c1-9(2)11(10(3)4)7-13-8-12-14-5-6-15-12/h5-6,9-11,13H,7-8H2,1-4H3,(H,14,15). The summed E-state index contributed by atoms with van der Waals surface area (Å²) in [6.07, 6.45) is 3.65. The lowest BCUT2D eigenvalue weighted by atomic mass is 9.85. The molecule has 0 saturated heterocycles. The molecule has 1 rings (SSSR count). The summed E-state index contributed by atoms with van der Waals surface area (Å²) in [5.74, 6) is 3.21. The maximum Gasteiger partial charge on any atom is 0.120 e. The largest absolute Gasteiger partial charge is 0.348 e. The minimum absolute atomic E-state index is 0.731. The molecule has 1 aromatic heterocycles. The smallest absolute Gasteiger partial charge is 0.120 e. The maximum atomic E-state index is 4.18. The highest BCUT2D eigenvalue weighted by molar-refractivity contribution is 4.86. The van der Waals surface area contributed by atoms with Crippen molar-refractivity contribution in [2.24, 2.45) is 17.8 Å². The number of H-pyrrole nitrogens is 1. The molecule has 0 spiro atoms. The van der Waals surface area contributed by atoms with Crippen LogP contribution in [0, 0.1) is 17.8 Å². The third kappa shape index (κ3) is 4.04. The first-order valence-corrected chi connectivity index (χ1v) is 5.80. The summed E-state index contributed by atoms with van der Waals surface area (Å²) >= 11 is 0. The molecule has 1 aromatic rings. The molecular weight excluding hydrogens is 186 g/mol. The third-order valence-electron chi connectivity index (χ3n) is 2.94. The highest BCUT2D eigenvalue weighted by Crippen LogP contribution is 2.19. The summed E-state index contributed by atoms with van der Waals surface area (Å²) in [5.41, 5.74) is 0. The van der Waals surface area contributed by atoms with Gasteiger partial charge in [0, 0.05) is 12.4 Å². The molecule has 86 valence electrons. The number of aromatic nitrogens is 2. The second kappa shape index (κ2) is 5.91. The van der Waals surface area contributed by atoms with Crippen LogP contribution in [0.4, 0.5) is 0 Å². The Labute approximate surface area is 92.7 Å². The molecule has 0 saturated carbocycles. The zero-order valence-electron chi connectivity index (χ0n) is 10.2. The van der Waals surface area contributed by atoms with Gasteiger partial charge in [-0.25, -0.2) is 4.98 Å². The summed E-state index contributed by atoms with van der Waals surface area (Å²) in [5, 5.41) is 3.46. The molecular formula is C12H23N3. The van der Waals surface area contributed by atoms with Crippen molar-refractivity contribution in [2.45, 2.75) is 34.2 Å². The average molecular weight is 209 g/mol. The number of imidazole rings is 1. The molecule has 0 unspecified atom stereocenters. The van der Waals surface area contributed by atoms with Gasteiger partial charge in [-0.15, -0.1) is 0 Å². The third-order valence-corrected chi connectivity index (χ3v) is 2.94. The molecule has 15 heavy (non-hydrogen) atoms. The lowest BCUT2D eigenvalue weighted by Gasteiger charge is -2.24. The van der Waals surface area contributed by atoms with Crippen LogP contribution >= 0.6 is 0 Å². The van der Waals surface area contributed by atoms with E-state index in [1.165, 1.54) is 0 Å². The van der Waals surface area contributed by atoms with E-state index >= 15 is 0 Å². The van der Waals surface area contributed by atoms with Crippen molar-refractivity contribution in [1.82, 2.24) is 15.3 Å². The summed E-state index contributed by atoms with van der Waals surface area (Å²) in [7, 11) is 0. The van der Waals surface area contributed by atoms with Gasteiger partial charge in [0.15, 0.2) is 0 Å². The van der Waals surface area contributed by atoms with E-state index in [0.717, 1.165) is 36.7 Å². The normalized spacial score (nSPS) is 11.9. The van der Waals surface area contributed by atoms with Crippen LogP contribution in [-0.2, 0) is 6.54 Å². The van der Waals surface area contributed by atoms with Gasteiger partial charge in [-0.3, -0.25) is 0 Å². The number of nitrogens with zero attached hydrogens (tertiary/aromatic N) is 1. The fraction of sp³-hybridized carbons (Fsp3) is 0.750. The van der Waals surface area contributed by atoms with Crippen molar-refractivity contribution in [2.75, 3.05) is 6.54 Å². The topological polar surface area (TPSA) is 40.7 Å². The molecule has 0 fully saturated rings. The summed E-state index contributed by atoms with van der Waals surface area (Å²) < 4.78 is 0. The molecule has 3 heteroatoms. The fourth-order valence-electron chi connectivity index (χ4n) is 1.99. The van der Waals surface area contributed by atoms with Crippen molar-refractivity contribution < 1.29 is 0 Å². The lowest BCUT2D eigenvalue weighted by Crippen LogP contribution is -2.29. The molecule has 1 heterocycles. The highest BCUT2D eigenvalue weighted by atomic mass is 15.0. The highest BCUT2D eigenvalue weighted by Gasteiger charge is 2.16. The van der Waals surface area contributed by atoms with Gasteiger partial charge in [0.2, 0.25) is 0 Å². The van der Waals surface area contributed by atoms with Crippen molar-refractivity contribution in [1.29, 1.82) is 0 Å². The first-order chi connectivity index (χ1) is 7.11. The minimum atomic E-state index is 0.731. The molecule has 0 aliphatic heterocycles. The predicted octanol–water partition coefficient (Wildman–Crippen LogP) is 2.43. The number of rotatable bonds is 6. The summed E-state index contributed by atoms with van der Waals surface area (Å²) in [6.45, 7) is 11.1. The van der Waals surface area contributed by atoms with E-state index in [0.29, 0.717) is 0 Å². The Morgan fingerprint density at radius 3 is 2.40 bits per heavy atom. The number of hydrogen-bond donors (Lipinski definition) is 2. The molecule has 3 nitrogen and oxygen atoms in total. The number of nitrogens with one attached hydrogen (secondary N) is 2. The van der Waals surface area contributed by atoms with E-state index in [1.54, 1.807) is 6.20 Å². The van der Waals surface area contributed by atoms with Crippen LogP contribution in [0.1, 0.15) is 33.5 Å². The molecule has 0 aliphatic carbocycles. The van der Waals surface area contributed by atoms with Crippen LogP contribution in [0.2, 0.25) is 0 Å². The lowest BCUT2D eigenvalue weighted by molar-refractivity contribution is 0.275. The number of aromatic amines is 1. The Morgan fingerprint density at radius 2 is 1.93 bits per heavy atom. The summed E-state index contributed by atoms with van der Waals surface area (Å²) in [4.78, 5) is 7.28. The van der Waals surface area contributed by atoms with Gasteiger partial charge in [0.05, 0.1) is 6.54 Å². The Bertz CT molecular complexity index is 244. The van der Waals surface area contributed by atoms with Gasteiger partial charge in [-0.2, -0.15) is 0 Å². The van der Waals surface area contributed by atoms with Crippen LogP contribution in [0.25, 0.3) is 0 Å². The second-order valence-electron chi connectivity index (χ2n) is 4.82.